The number of hydrogen-bond acceptors (Lipinski definition) is 1. The fraction of sp³-hybridized carbons (Fsp3) is 0.400. The van der Waals surface area contributed by atoms with E-state index in [-0.39, 0.29) is 0 Å². The van der Waals surface area contributed by atoms with Crippen molar-refractivity contribution in [3.8, 4) is 0 Å². The van der Waals surface area contributed by atoms with Gasteiger partial charge in [0.15, 0.2) is 0 Å². The van der Waals surface area contributed by atoms with Gasteiger partial charge in [0.05, 0.1) is 0 Å². The highest BCUT2D eigenvalue weighted by Gasteiger charge is 1.90. The molecule has 0 aliphatic carbocycles. The van der Waals surface area contributed by atoms with E-state index in [4.69, 9.17) is 0 Å². The maximum atomic E-state index is 3.84. The van der Waals surface area contributed by atoms with E-state index in [0.717, 1.165) is 12.1 Å². The number of rotatable bonds is 4. The summed E-state index contributed by atoms with van der Waals surface area (Å²) in [6, 6.07) is 0. The van der Waals surface area contributed by atoms with Crippen molar-refractivity contribution in [2.45, 2.75) is 27.2 Å². The summed E-state index contributed by atoms with van der Waals surface area (Å²) < 4.78 is 0. The van der Waals surface area contributed by atoms with E-state index in [9.17, 15) is 0 Å². The predicted molar refractivity (Wildman–Crippen MR) is 51.1 cm³/mol. The van der Waals surface area contributed by atoms with Crippen LogP contribution in [0.2, 0.25) is 0 Å². The van der Waals surface area contributed by atoms with Crippen molar-refractivity contribution >= 4 is 0 Å². The first-order valence-electron chi connectivity index (χ1n) is 3.98. The van der Waals surface area contributed by atoms with Gasteiger partial charge in [-0.3, -0.25) is 0 Å². The van der Waals surface area contributed by atoms with E-state index in [0.29, 0.717) is 0 Å². The Morgan fingerprint density at radius 2 is 2.09 bits per heavy atom. The van der Waals surface area contributed by atoms with Crippen molar-refractivity contribution in [2.75, 3.05) is 0 Å². The lowest BCUT2D eigenvalue weighted by molar-refractivity contribution is 0.910. The summed E-state index contributed by atoms with van der Waals surface area (Å²) in [5, 5.41) is 3.20. The molecule has 1 nitrogen and oxygen atoms in total. The molecule has 0 aromatic carbocycles. The predicted octanol–water partition coefficient (Wildman–Crippen LogP) is 2.98. The second-order valence-corrected chi connectivity index (χ2v) is 2.32. The van der Waals surface area contributed by atoms with Crippen molar-refractivity contribution in [1.29, 1.82) is 0 Å². The van der Waals surface area contributed by atoms with Crippen LogP contribution in [0.1, 0.15) is 27.2 Å². The second-order valence-electron chi connectivity index (χ2n) is 2.32. The molecule has 11 heavy (non-hydrogen) atoms. The van der Waals surface area contributed by atoms with Gasteiger partial charge in [-0.05, 0) is 26.3 Å². The second kappa shape index (κ2) is 5.78. The summed E-state index contributed by atoms with van der Waals surface area (Å²) in [4.78, 5) is 0. The van der Waals surface area contributed by atoms with E-state index < -0.39 is 0 Å². The Morgan fingerprint density at radius 1 is 1.45 bits per heavy atom. The Labute approximate surface area is 69.5 Å². The van der Waals surface area contributed by atoms with Crippen LogP contribution in [0.3, 0.4) is 0 Å². The van der Waals surface area contributed by atoms with Crippen LogP contribution in [0.15, 0.2) is 36.2 Å². The molecule has 0 saturated carbocycles. The monoisotopic (exact) mass is 151 g/mol. The van der Waals surface area contributed by atoms with Crippen molar-refractivity contribution < 1.29 is 0 Å². The van der Waals surface area contributed by atoms with Crippen LogP contribution in [-0.4, -0.2) is 0 Å². The molecule has 0 atom stereocenters. The molecule has 0 aliphatic heterocycles. The maximum absolute atomic E-state index is 3.84. The minimum Gasteiger partial charge on any atom is -0.360 e. The van der Waals surface area contributed by atoms with Crippen molar-refractivity contribution in [3.05, 3.63) is 36.2 Å². The van der Waals surface area contributed by atoms with Gasteiger partial charge < -0.3 is 5.32 Å². The normalized spacial score (nSPS) is 12.1. The van der Waals surface area contributed by atoms with Crippen LogP contribution in [0.4, 0.5) is 0 Å². The molecule has 0 aromatic rings. The summed E-state index contributed by atoms with van der Waals surface area (Å²) >= 11 is 0. The molecule has 0 amide bonds. The first-order chi connectivity index (χ1) is 5.24. The van der Waals surface area contributed by atoms with Crippen LogP contribution in [0, 0.1) is 0 Å². The van der Waals surface area contributed by atoms with Crippen molar-refractivity contribution in [1.82, 2.24) is 5.32 Å². The lowest BCUT2D eigenvalue weighted by Gasteiger charge is -2.07. The Balaban J connectivity index is 3.93. The van der Waals surface area contributed by atoms with E-state index in [1.165, 1.54) is 5.70 Å². The van der Waals surface area contributed by atoms with E-state index in [1.54, 1.807) is 0 Å². The zero-order valence-corrected chi connectivity index (χ0v) is 7.65. The highest BCUT2D eigenvalue weighted by atomic mass is 14.9. The third kappa shape index (κ3) is 4.43. The topological polar surface area (TPSA) is 12.0 Å². The Morgan fingerprint density at radius 3 is 2.45 bits per heavy atom. The van der Waals surface area contributed by atoms with Gasteiger partial charge in [-0.2, -0.15) is 0 Å². The lowest BCUT2D eigenvalue weighted by Crippen LogP contribution is -2.09. The third-order valence-electron chi connectivity index (χ3n) is 1.42. The van der Waals surface area contributed by atoms with Gasteiger partial charge in [0, 0.05) is 11.4 Å². The quantitative estimate of drug-likeness (QED) is 0.609. The minimum absolute atomic E-state index is 0.947. The van der Waals surface area contributed by atoms with Gasteiger partial charge in [-0.1, -0.05) is 25.7 Å². The molecule has 0 bridgehead atoms. The summed E-state index contributed by atoms with van der Waals surface area (Å²) in [5.74, 6) is 0. The molecule has 1 heteroatoms. The van der Waals surface area contributed by atoms with E-state index in [2.05, 4.69) is 24.9 Å². The van der Waals surface area contributed by atoms with Gasteiger partial charge in [0.1, 0.15) is 0 Å². The van der Waals surface area contributed by atoms with Gasteiger partial charge >= 0.3 is 0 Å². The molecule has 0 rings (SSSR count). The fourth-order valence-corrected chi connectivity index (χ4v) is 0.814. The summed E-state index contributed by atoms with van der Waals surface area (Å²) in [6.07, 6.45) is 7.01. The Bertz CT molecular complexity index is 175. The summed E-state index contributed by atoms with van der Waals surface area (Å²) in [6.45, 7) is 9.96. The van der Waals surface area contributed by atoms with E-state index >= 15 is 0 Å². The molecule has 0 radical (unpaired) electrons. The van der Waals surface area contributed by atoms with Gasteiger partial charge in [-0.15, -0.1) is 0 Å². The first kappa shape index (κ1) is 10.0. The molecular formula is C10H17N. The van der Waals surface area contributed by atoms with Crippen LogP contribution in [-0.2, 0) is 0 Å². The number of nitrogens with one attached hydrogen (secondary N) is 1. The van der Waals surface area contributed by atoms with Crippen molar-refractivity contribution in [3.63, 3.8) is 0 Å². The largest absolute Gasteiger partial charge is 0.360 e. The standard InChI is InChI=1S/C10H17N/c1-5-8-9(4)11-10(6-2)7-3/h5-6,8,11H,4,7H2,1-3H3/b8-5-,10-6-. The molecule has 1 N–H and O–H groups in total. The zero-order valence-electron chi connectivity index (χ0n) is 7.65. The molecule has 0 unspecified atom stereocenters. The Hall–Kier alpha value is -0.980. The molecule has 0 fully saturated rings. The third-order valence-corrected chi connectivity index (χ3v) is 1.42. The average Bonchev–Trinajstić information content (AvgIpc) is 2.01. The zero-order chi connectivity index (χ0) is 8.69. The highest BCUT2D eigenvalue weighted by molar-refractivity contribution is 5.17. The average molecular weight is 151 g/mol. The lowest BCUT2D eigenvalue weighted by atomic mass is 10.3. The molecule has 0 saturated heterocycles. The summed E-state index contributed by atoms with van der Waals surface area (Å²) in [7, 11) is 0. The minimum atomic E-state index is 0.947. The van der Waals surface area contributed by atoms with Crippen molar-refractivity contribution in [2.24, 2.45) is 0 Å². The number of hydrogen-bond donors (Lipinski definition) is 1. The first-order valence-corrected chi connectivity index (χ1v) is 3.98. The van der Waals surface area contributed by atoms with Gasteiger partial charge in [0.2, 0.25) is 0 Å². The molecule has 0 aliphatic rings. The maximum Gasteiger partial charge on any atom is 0.0305 e. The van der Waals surface area contributed by atoms with E-state index in [1.807, 2.05) is 26.0 Å². The summed E-state index contributed by atoms with van der Waals surface area (Å²) in [5.41, 5.74) is 2.16. The smallest absolute Gasteiger partial charge is 0.0305 e. The van der Waals surface area contributed by atoms with Gasteiger partial charge in [0.25, 0.3) is 0 Å². The SMILES string of the molecule is C=C(/C=C\C)N/C(=C\C)CC. The molecule has 0 heterocycles. The number of allylic oxidation sites excluding steroid dienone is 4. The fourth-order valence-electron chi connectivity index (χ4n) is 0.814. The molecule has 0 aromatic heterocycles. The molecule has 0 spiro atoms. The molecule has 62 valence electrons. The van der Waals surface area contributed by atoms with Gasteiger partial charge in [-0.25, -0.2) is 0 Å². The highest BCUT2D eigenvalue weighted by Crippen LogP contribution is 1.99. The van der Waals surface area contributed by atoms with Crippen LogP contribution >= 0.6 is 0 Å². The van der Waals surface area contributed by atoms with Crippen LogP contribution in [0.5, 0.6) is 0 Å². The van der Waals surface area contributed by atoms with Crippen LogP contribution < -0.4 is 5.32 Å². The van der Waals surface area contributed by atoms with Crippen LogP contribution in [0.25, 0.3) is 0 Å². The molecular weight excluding hydrogens is 134 g/mol. The Kier molecular flexibility index (Phi) is 5.26.